The molecule has 3 heterocycles. The third-order valence-electron chi connectivity index (χ3n) is 4.16. The molecule has 21 heavy (non-hydrogen) atoms. The lowest BCUT2D eigenvalue weighted by Crippen LogP contribution is -2.40. The number of hydrogen-bond donors (Lipinski definition) is 0. The minimum atomic E-state index is 0.0268. The summed E-state index contributed by atoms with van der Waals surface area (Å²) in [7, 11) is 0. The predicted octanol–water partition coefficient (Wildman–Crippen LogP) is 1.88. The van der Waals surface area contributed by atoms with E-state index in [1.165, 1.54) is 0 Å². The number of fused-ring (bicyclic) bond motifs is 1. The van der Waals surface area contributed by atoms with Crippen molar-refractivity contribution in [2.45, 2.75) is 25.7 Å². The highest BCUT2D eigenvalue weighted by atomic mass is 16.5. The molecule has 1 aliphatic heterocycles. The summed E-state index contributed by atoms with van der Waals surface area (Å²) in [6, 6.07) is 1.93. The summed E-state index contributed by atoms with van der Waals surface area (Å²) >= 11 is 0. The van der Waals surface area contributed by atoms with Crippen LogP contribution in [0, 0.1) is 6.92 Å². The first kappa shape index (κ1) is 12.8. The topological polar surface area (TPSA) is 68.5 Å². The molecule has 2 aromatic heterocycles. The van der Waals surface area contributed by atoms with Crippen molar-refractivity contribution < 1.29 is 14.1 Å². The Morgan fingerprint density at radius 1 is 1.33 bits per heavy atom. The largest absolute Gasteiger partial charge is 0.378 e. The Labute approximate surface area is 122 Å². The van der Waals surface area contributed by atoms with E-state index in [1.807, 2.05) is 17.9 Å². The van der Waals surface area contributed by atoms with Crippen LogP contribution in [-0.2, 0) is 4.74 Å². The average molecular weight is 287 g/mol. The molecule has 2 aromatic rings. The predicted molar refractivity (Wildman–Crippen MR) is 75.2 cm³/mol. The van der Waals surface area contributed by atoms with Gasteiger partial charge < -0.3 is 14.2 Å². The van der Waals surface area contributed by atoms with Crippen LogP contribution in [-0.4, -0.2) is 47.3 Å². The molecule has 0 radical (unpaired) electrons. The number of morpholine rings is 1. The minimum Gasteiger partial charge on any atom is -0.378 e. The molecular formula is C15H17N3O3. The summed E-state index contributed by atoms with van der Waals surface area (Å²) in [4.78, 5) is 19.2. The van der Waals surface area contributed by atoms with E-state index in [-0.39, 0.29) is 5.91 Å². The molecule has 2 aliphatic rings. The highest BCUT2D eigenvalue weighted by Gasteiger charge is 2.30. The van der Waals surface area contributed by atoms with Crippen molar-refractivity contribution in [1.82, 2.24) is 15.0 Å². The van der Waals surface area contributed by atoms with Crippen LogP contribution in [0.3, 0.4) is 0 Å². The van der Waals surface area contributed by atoms with Gasteiger partial charge in [0.15, 0.2) is 0 Å². The number of aryl methyl sites for hydroxylation is 1. The number of carbonyl (C=O) groups excluding carboxylic acids is 1. The molecule has 2 fully saturated rings. The number of amides is 1. The Balaban J connectivity index is 1.81. The number of rotatable bonds is 2. The SMILES string of the molecule is Cc1noc2nc(C3CC3)cc(C(=O)N3CCOCC3)c12. The third kappa shape index (κ3) is 2.19. The molecule has 0 spiro atoms. The maximum atomic E-state index is 12.8. The molecule has 0 atom stereocenters. The molecule has 0 aromatic carbocycles. The minimum absolute atomic E-state index is 0.0268. The summed E-state index contributed by atoms with van der Waals surface area (Å²) in [5, 5.41) is 4.72. The van der Waals surface area contributed by atoms with Crippen molar-refractivity contribution >= 4 is 17.0 Å². The Morgan fingerprint density at radius 2 is 2.10 bits per heavy atom. The summed E-state index contributed by atoms with van der Waals surface area (Å²) < 4.78 is 10.6. The second kappa shape index (κ2) is 4.80. The Kier molecular flexibility index (Phi) is 2.92. The fourth-order valence-corrected chi connectivity index (χ4v) is 2.81. The van der Waals surface area contributed by atoms with Gasteiger partial charge in [-0.05, 0) is 25.8 Å². The van der Waals surface area contributed by atoms with Gasteiger partial charge in [-0.15, -0.1) is 0 Å². The lowest BCUT2D eigenvalue weighted by Gasteiger charge is -2.27. The van der Waals surface area contributed by atoms with Crippen LogP contribution in [0.15, 0.2) is 10.6 Å². The third-order valence-corrected chi connectivity index (χ3v) is 4.16. The van der Waals surface area contributed by atoms with E-state index in [1.54, 1.807) is 0 Å². The van der Waals surface area contributed by atoms with Gasteiger partial charge in [0.2, 0.25) is 0 Å². The molecule has 0 bridgehead atoms. The fraction of sp³-hybridized carbons (Fsp3) is 0.533. The number of aromatic nitrogens is 2. The molecule has 4 rings (SSSR count). The Bertz CT molecular complexity index is 699. The van der Waals surface area contributed by atoms with Gasteiger partial charge >= 0.3 is 0 Å². The first-order valence-corrected chi connectivity index (χ1v) is 7.38. The van der Waals surface area contributed by atoms with Crippen molar-refractivity contribution in [3.63, 3.8) is 0 Å². The summed E-state index contributed by atoms with van der Waals surface area (Å²) in [6.45, 7) is 4.30. The van der Waals surface area contributed by atoms with Crippen LogP contribution in [0.5, 0.6) is 0 Å². The van der Waals surface area contributed by atoms with Crippen LogP contribution >= 0.6 is 0 Å². The van der Waals surface area contributed by atoms with Gasteiger partial charge in [-0.3, -0.25) is 4.79 Å². The van der Waals surface area contributed by atoms with Gasteiger partial charge in [0, 0.05) is 24.7 Å². The monoisotopic (exact) mass is 287 g/mol. The van der Waals surface area contributed by atoms with E-state index in [0.29, 0.717) is 43.5 Å². The van der Waals surface area contributed by atoms with E-state index in [4.69, 9.17) is 9.26 Å². The van der Waals surface area contributed by atoms with Gasteiger partial charge in [0.25, 0.3) is 11.6 Å². The second-order valence-corrected chi connectivity index (χ2v) is 5.72. The van der Waals surface area contributed by atoms with E-state index < -0.39 is 0 Å². The van der Waals surface area contributed by atoms with Gasteiger partial charge in [0.1, 0.15) is 0 Å². The van der Waals surface area contributed by atoms with Crippen molar-refractivity contribution in [2.75, 3.05) is 26.3 Å². The molecule has 1 saturated heterocycles. The van der Waals surface area contributed by atoms with E-state index in [9.17, 15) is 4.79 Å². The molecule has 1 aliphatic carbocycles. The Morgan fingerprint density at radius 3 is 2.81 bits per heavy atom. The maximum absolute atomic E-state index is 12.8. The number of nitrogens with zero attached hydrogens (tertiary/aromatic N) is 3. The standard InChI is InChI=1S/C15H17N3O3/c1-9-13-11(15(19)18-4-6-20-7-5-18)8-12(10-2-3-10)16-14(13)21-17-9/h8,10H,2-7H2,1H3. The highest BCUT2D eigenvalue weighted by molar-refractivity contribution is 6.06. The first-order chi connectivity index (χ1) is 10.2. The maximum Gasteiger partial charge on any atom is 0.259 e. The lowest BCUT2D eigenvalue weighted by atomic mass is 10.1. The molecule has 1 amide bonds. The highest BCUT2D eigenvalue weighted by Crippen LogP contribution is 2.40. The Hall–Kier alpha value is -1.95. The molecule has 6 nitrogen and oxygen atoms in total. The second-order valence-electron chi connectivity index (χ2n) is 5.72. The van der Waals surface area contributed by atoms with Crippen LogP contribution in [0.4, 0.5) is 0 Å². The van der Waals surface area contributed by atoms with Crippen molar-refractivity contribution in [3.8, 4) is 0 Å². The molecule has 110 valence electrons. The normalized spacial score (nSPS) is 19.2. The van der Waals surface area contributed by atoms with Gasteiger partial charge in [-0.2, -0.15) is 0 Å². The van der Waals surface area contributed by atoms with E-state index in [2.05, 4.69) is 10.1 Å². The molecule has 1 saturated carbocycles. The van der Waals surface area contributed by atoms with Gasteiger partial charge in [-0.1, -0.05) is 5.16 Å². The van der Waals surface area contributed by atoms with Crippen LogP contribution in [0.2, 0.25) is 0 Å². The first-order valence-electron chi connectivity index (χ1n) is 7.38. The number of hydrogen-bond acceptors (Lipinski definition) is 5. The van der Waals surface area contributed by atoms with Crippen LogP contribution in [0.1, 0.15) is 40.5 Å². The summed E-state index contributed by atoms with van der Waals surface area (Å²) in [5.41, 5.74) is 2.82. The zero-order valence-electron chi connectivity index (χ0n) is 12.0. The molecule has 0 N–H and O–H groups in total. The summed E-state index contributed by atoms with van der Waals surface area (Å²) in [6.07, 6.45) is 2.27. The number of pyridine rings is 1. The lowest BCUT2D eigenvalue weighted by molar-refractivity contribution is 0.0304. The van der Waals surface area contributed by atoms with Crippen LogP contribution in [0.25, 0.3) is 11.1 Å². The average Bonchev–Trinajstić information content (AvgIpc) is 3.31. The van der Waals surface area contributed by atoms with E-state index in [0.717, 1.165) is 29.6 Å². The fourth-order valence-electron chi connectivity index (χ4n) is 2.81. The number of carbonyl (C=O) groups is 1. The zero-order chi connectivity index (χ0) is 14.4. The van der Waals surface area contributed by atoms with E-state index >= 15 is 0 Å². The molecular weight excluding hydrogens is 270 g/mol. The van der Waals surface area contributed by atoms with Crippen molar-refractivity contribution in [2.24, 2.45) is 0 Å². The number of ether oxygens (including phenoxy) is 1. The van der Waals surface area contributed by atoms with Crippen molar-refractivity contribution in [3.05, 3.63) is 23.0 Å². The molecule has 6 heteroatoms. The zero-order valence-corrected chi connectivity index (χ0v) is 12.0. The van der Waals surface area contributed by atoms with Gasteiger partial charge in [-0.25, -0.2) is 4.98 Å². The van der Waals surface area contributed by atoms with Crippen LogP contribution < -0.4 is 0 Å². The van der Waals surface area contributed by atoms with Gasteiger partial charge in [0.05, 0.1) is 29.9 Å². The molecule has 0 unspecified atom stereocenters. The summed E-state index contributed by atoms with van der Waals surface area (Å²) in [5.74, 6) is 0.495. The van der Waals surface area contributed by atoms with Crippen molar-refractivity contribution in [1.29, 1.82) is 0 Å². The smallest absolute Gasteiger partial charge is 0.259 e. The quantitative estimate of drug-likeness (QED) is 0.843.